The van der Waals surface area contributed by atoms with Gasteiger partial charge >= 0.3 is 0 Å². The lowest BCUT2D eigenvalue weighted by atomic mass is 10.1. The fraction of sp³-hybridized carbons (Fsp3) is 0.320. The van der Waals surface area contributed by atoms with Crippen molar-refractivity contribution in [2.45, 2.75) is 39.3 Å². The number of carbonyl (C=O) groups excluding carboxylic acids is 2. The van der Waals surface area contributed by atoms with Gasteiger partial charge in [-0.1, -0.05) is 24.3 Å². The third-order valence-electron chi connectivity index (χ3n) is 5.74. The molecule has 0 spiro atoms. The minimum atomic E-state index is -0.620. The monoisotopic (exact) mass is 467 g/mol. The first-order valence-corrected chi connectivity index (χ1v) is 11.7. The van der Waals surface area contributed by atoms with Crippen molar-refractivity contribution < 1.29 is 18.7 Å². The van der Waals surface area contributed by atoms with Crippen LogP contribution >= 0.6 is 11.3 Å². The number of aromatic nitrogens is 1. The quantitative estimate of drug-likeness (QED) is 0.596. The van der Waals surface area contributed by atoms with Crippen LogP contribution in [0.5, 0.6) is 0 Å². The number of hydrogen-bond donors (Lipinski definition) is 1. The maximum absolute atomic E-state index is 14.0. The molecule has 3 aromatic rings. The van der Waals surface area contributed by atoms with Crippen LogP contribution in [0.1, 0.15) is 49.7 Å². The fourth-order valence-electron chi connectivity index (χ4n) is 3.76. The van der Waals surface area contributed by atoms with Crippen LogP contribution in [0.3, 0.4) is 0 Å². The van der Waals surface area contributed by atoms with Gasteiger partial charge in [-0.05, 0) is 56.5 Å². The molecule has 1 aliphatic heterocycles. The van der Waals surface area contributed by atoms with Gasteiger partial charge in [0.1, 0.15) is 5.82 Å². The summed E-state index contributed by atoms with van der Waals surface area (Å²) in [4.78, 5) is 30.9. The lowest BCUT2D eigenvalue weighted by Gasteiger charge is -2.12. The highest BCUT2D eigenvalue weighted by Gasteiger charge is 2.17. The van der Waals surface area contributed by atoms with Crippen molar-refractivity contribution in [2.24, 2.45) is 4.99 Å². The van der Waals surface area contributed by atoms with E-state index in [1.54, 1.807) is 12.1 Å². The summed E-state index contributed by atoms with van der Waals surface area (Å²) in [5, 5.41) is 2.94. The zero-order chi connectivity index (χ0) is 23.4. The van der Waals surface area contributed by atoms with Gasteiger partial charge in [0, 0.05) is 29.3 Å². The number of benzene rings is 2. The number of hydrogen-bond acceptors (Lipinski definition) is 4. The van der Waals surface area contributed by atoms with Crippen molar-refractivity contribution >= 4 is 23.2 Å². The Labute approximate surface area is 195 Å². The van der Waals surface area contributed by atoms with E-state index in [9.17, 15) is 14.0 Å². The summed E-state index contributed by atoms with van der Waals surface area (Å²) in [6, 6.07) is 13.2. The van der Waals surface area contributed by atoms with Gasteiger partial charge in [0.2, 0.25) is 0 Å². The maximum Gasteiger partial charge on any atom is 0.282 e. The van der Waals surface area contributed by atoms with Crippen LogP contribution in [-0.4, -0.2) is 35.6 Å². The number of nitrogens with zero attached hydrogens (tertiary/aromatic N) is 2. The first kappa shape index (κ1) is 23.1. The van der Waals surface area contributed by atoms with E-state index in [0.29, 0.717) is 23.5 Å². The van der Waals surface area contributed by atoms with Gasteiger partial charge in [-0.3, -0.25) is 9.59 Å². The third kappa shape index (κ3) is 5.46. The fourth-order valence-corrected chi connectivity index (χ4v) is 4.73. The van der Waals surface area contributed by atoms with E-state index in [1.165, 1.54) is 29.5 Å². The smallest absolute Gasteiger partial charge is 0.282 e. The topological polar surface area (TPSA) is 72.7 Å². The lowest BCUT2D eigenvalue weighted by Crippen LogP contribution is -2.31. The van der Waals surface area contributed by atoms with Gasteiger partial charge < -0.3 is 14.6 Å². The largest absolute Gasteiger partial charge is 0.376 e. The van der Waals surface area contributed by atoms with E-state index in [-0.39, 0.29) is 17.6 Å². The van der Waals surface area contributed by atoms with Crippen molar-refractivity contribution in [3.05, 3.63) is 86.4 Å². The number of amides is 2. The molecule has 1 N–H and O–H groups in total. The summed E-state index contributed by atoms with van der Waals surface area (Å²) in [7, 11) is 0. The Morgan fingerprint density at radius 3 is 2.79 bits per heavy atom. The molecule has 1 saturated heterocycles. The maximum atomic E-state index is 14.0. The minimum Gasteiger partial charge on any atom is -0.376 e. The zero-order valence-electron chi connectivity index (χ0n) is 18.6. The summed E-state index contributed by atoms with van der Waals surface area (Å²) >= 11 is 1.38. The van der Waals surface area contributed by atoms with E-state index >= 15 is 0 Å². The van der Waals surface area contributed by atoms with Crippen molar-refractivity contribution in [3.63, 3.8) is 0 Å². The number of ether oxygens (including phenoxy) is 1. The van der Waals surface area contributed by atoms with Gasteiger partial charge in [0.25, 0.3) is 11.8 Å². The molecule has 2 amide bonds. The molecule has 1 fully saturated rings. The molecule has 2 heterocycles. The zero-order valence-corrected chi connectivity index (χ0v) is 19.5. The Kier molecular flexibility index (Phi) is 7.15. The Morgan fingerprint density at radius 2 is 2.03 bits per heavy atom. The van der Waals surface area contributed by atoms with Crippen molar-refractivity contribution in [1.82, 2.24) is 9.88 Å². The molecule has 6 nitrogen and oxygen atoms in total. The van der Waals surface area contributed by atoms with Crippen LogP contribution in [0, 0.1) is 19.7 Å². The van der Waals surface area contributed by atoms with Gasteiger partial charge in [-0.2, -0.15) is 4.99 Å². The van der Waals surface area contributed by atoms with Crippen LogP contribution in [0.25, 0.3) is 0 Å². The van der Waals surface area contributed by atoms with Crippen molar-refractivity contribution in [3.8, 4) is 0 Å². The summed E-state index contributed by atoms with van der Waals surface area (Å²) < 4.78 is 21.5. The molecule has 1 aromatic heterocycles. The molecule has 0 saturated carbocycles. The van der Waals surface area contributed by atoms with Crippen LogP contribution in [0.15, 0.2) is 53.5 Å². The first-order valence-electron chi connectivity index (χ1n) is 10.9. The Morgan fingerprint density at radius 1 is 1.21 bits per heavy atom. The average Bonchev–Trinajstić information content (AvgIpc) is 3.42. The van der Waals surface area contributed by atoms with Crippen molar-refractivity contribution in [2.75, 3.05) is 13.2 Å². The number of thiazole rings is 1. The molecule has 1 atom stereocenters. The van der Waals surface area contributed by atoms with E-state index in [1.807, 2.05) is 36.6 Å². The number of nitrogens with one attached hydrogen (secondary N) is 1. The molecule has 33 heavy (non-hydrogen) atoms. The van der Waals surface area contributed by atoms with E-state index < -0.39 is 11.7 Å². The predicted octanol–water partition coefficient (Wildman–Crippen LogP) is 4.00. The highest BCUT2D eigenvalue weighted by atomic mass is 32.1. The highest BCUT2D eigenvalue weighted by molar-refractivity contribution is 7.09. The summed E-state index contributed by atoms with van der Waals surface area (Å²) in [6.07, 6.45) is 2.07. The normalized spacial score (nSPS) is 16.2. The molecule has 2 aromatic carbocycles. The third-order valence-corrected chi connectivity index (χ3v) is 6.83. The van der Waals surface area contributed by atoms with Crippen LogP contribution in [0.2, 0.25) is 0 Å². The minimum absolute atomic E-state index is 0.0577. The Balaban J connectivity index is 1.56. The molecule has 1 aliphatic rings. The lowest BCUT2D eigenvalue weighted by molar-refractivity contribution is 0.0857. The average molecular weight is 468 g/mol. The molecule has 8 heteroatoms. The van der Waals surface area contributed by atoms with Gasteiger partial charge in [-0.15, -0.1) is 11.3 Å². The molecule has 0 radical (unpaired) electrons. The molecule has 0 bridgehead atoms. The van der Waals surface area contributed by atoms with Gasteiger partial charge in [0.05, 0.1) is 18.2 Å². The number of halogens is 1. The Hall–Kier alpha value is -3.10. The van der Waals surface area contributed by atoms with Gasteiger partial charge in [0.15, 0.2) is 4.80 Å². The summed E-state index contributed by atoms with van der Waals surface area (Å²) in [6.45, 7) is 5.60. The number of rotatable bonds is 6. The van der Waals surface area contributed by atoms with E-state index in [2.05, 4.69) is 10.3 Å². The SMILES string of the molecule is Cc1sc(=NC(=O)c2ccccc2F)n(Cc2cccc(C(=O)NC[C@@H]3CCCO3)c2)c1C. The van der Waals surface area contributed by atoms with E-state index in [4.69, 9.17) is 4.74 Å². The van der Waals surface area contributed by atoms with Crippen LogP contribution in [-0.2, 0) is 11.3 Å². The molecular formula is C25H26FN3O3S. The van der Waals surface area contributed by atoms with Crippen LogP contribution in [0.4, 0.5) is 4.39 Å². The summed E-state index contributed by atoms with van der Waals surface area (Å²) in [5.74, 6) is -1.36. The molecule has 0 aliphatic carbocycles. The highest BCUT2D eigenvalue weighted by Crippen LogP contribution is 2.15. The second-order valence-corrected chi connectivity index (χ2v) is 9.24. The predicted molar refractivity (Wildman–Crippen MR) is 125 cm³/mol. The van der Waals surface area contributed by atoms with Crippen LogP contribution < -0.4 is 10.1 Å². The second-order valence-electron chi connectivity index (χ2n) is 8.05. The van der Waals surface area contributed by atoms with E-state index in [0.717, 1.165) is 35.6 Å². The Bertz CT molecular complexity index is 1240. The number of carbonyl (C=O) groups is 2. The summed E-state index contributed by atoms with van der Waals surface area (Å²) in [5.41, 5.74) is 2.38. The molecule has 172 valence electrons. The van der Waals surface area contributed by atoms with Gasteiger partial charge in [-0.25, -0.2) is 4.39 Å². The molecule has 4 rings (SSSR count). The second kappa shape index (κ2) is 10.2. The van der Waals surface area contributed by atoms with Crippen molar-refractivity contribution in [1.29, 1.82) is 0 Å². The number of aryl methyl sites for hydroxylation is 1. The molecular weight excluding hydrogens is 441 g/mol. The molecule has 0 unspecified atom stereocenters. The first-order chi connectivity index (χ1) is 15.9. The standard InChI is InChI=1S/C25H26FN3O3S/c1-16-17(2)33-25(28-24(31)21-10-3-4-11-22(21)26)29(16)15-18-7-5-8-19(13-18)23(30)27-14-20-9-6-12-32-20/h3-5,7-8,10-11,13,20H,6,9,12,14-15H2,1-2H3,(H,27,30)/t20-/m0/s1.